The molecule has 2 aromatic rings. The monoisotopic (exact) mass is 295 g/mol. The zero-order chi connectivity index (χ0) is 16.0. The van der Waals surface area contributed by atoms with Gasteiger partial charge in [-0.3, -0.25) is 0 Å². The van der Waals surface area contributed by atoms with Crippen molar-refractivity contribution in [1.82, 2.24) is 4.57 Å². The van der Waals surface area contributed by atoms with E-state index in [0.717, 1.165) is 27.7 Å². The molecule has 2 heterocycles. The summed E-state index contributed by atoms with van der Waals surface area (Å²) in [5.41, 5.74) is 4.55. The summed E-state index contributed by atoms with van der Waals surface area (Å²) in [6.07, 6.45) is 1.77. The number of hydrogen-bond donors (Lipinski definition) is 0. The van der Waals surface area contributed by atoms with Gasteiger partial charge in [-0.1, -0.05) is 23.8 Å². The zero-order valence-corrected chi connectivity index (χ0v) is 13.1. The first-order valence-electron chi connectivity index (χ1n) is 7.12. The van der Waals surface area contributed by atoms with Crippen molar-refractivity contribution in [1.29, 1.82) is 0 Å². The average Bonchev–Trinajstić information content (AvgIpc) is 2.89. The summed E-state index contributed by atoms with van der Waals surface area (Å²) >= 11 is 0. The highest BCUT2D eigenvalue weighted by Crippen LogP contribution is 2.32. The maximum Gasteiger partial charge on any atom is 0.346 e. The molecule has 1 aliphatic rings. The topological polar surface area (TPSA) is 48.3 Å². The van der Waals surface area contributed by atoms with Crippen LogP contribution in [0.3, 0.4) is 0 Å². The number of para-hydroxylation sites is 1. The SMILES string of the molecule is CC(C)=C1C(=O)OC(=O)C1=Cc1c(C)n(C)c2ccccc12. The van der Waals surface area contributed by atoms with Gasteiger partial charge in [-0.2, -0.15) is 0 Å². The normalized spacial score (nSPS) is 16.7. The molecular weight excluding hydrogens is 278 g/mol. The van der Waals surface area contributed by atoms with E-state index in [1.54, 1.807) is 19.9 Å². The number of ether oxygens (including phenoxy) is 1. The molecule has 1 fully saturated rings. The summed E-state index contributed by atoms with van der Waals surface area (Å²) in [5, 5.41) is 1.05. The van der Waals surface area contributed by atoms with Gasteiger partial charge in [0.2, 0.25) is 0 Å². The van der Waals surface area contributed by atoms with Crippen molar-refractivity contribution in [2.75, 3.05) is 0 Å². The minimum Gasteiger partial charge on any atom is -0.386 e. The van der Waals surface area contributed by atoms with Gasteiger partial charge in [0, 0.05) is 29.2 Å². The summed E-state index contributed by atoms with van der Waals surface area (Å²) in [6.45, 7) is 5.61. The molecule has 1 aliphatic heterocycles. The molecule has 0 unspecified atom stereocenters. The van der Waals surface area contributed by atoms with E-state index in [1.807, 2.05) is 38.2 Å². The minimum absolute atomic E-state index is 0.337. The first kappa shape index (κ1) is 14.3. The molecule has 0 bridgehead atoms. The van der Waals surface area contributed by atoms with Crippen LogP contribution in [0.5, 0.6) is 0 Å². The summed E-state index contributed by atoms with van der Waals surface area (Å²) in [5.74, 6) is -1.14. The van der Waals surface area contributed by atoms with Gasteiger partial charge in [0.25, 0.3) is 0 Å². The number of cyclic esters (lactones) is 2. The van der Waals surface area contributed by atoms with E-state index in [0.29, 0.717) is 11.1 Å². The van der Waals surface area contributed by atoms with Gasteiger partial charge in [-0.15, -0.1) is 0 Å². The number of fused-ring (bicyclic) bond motifs is 1. The first-order valence-corrected chi connectivity index (χ1v) is 7.12. The van der Waals surface area contributed by atoms with Crippen LogP contribution in [0.25, 0.3) is 17.0 Å². The van der Waals surface area contributed by atoms with Gasteiger partial charge in [-0.05, 0) is 32.9 Å². The van der Waals surface area contributed by atoms with E-state index in [-0.39, 0.29) is 0 Å². The molecule has 0 atom stereocenters. The highest BCUT2D eigenvalue weighted by molar-refractivity contribution is 6.21. The van der Waals surface area contributed by atoms with Crippen molar-refractivity contribution in [3.63, 3.8) is 0 Å². The Morgan fingerprint density at radius 1 is 1.14 bits per heavy atom. The number of hydrogen-bond acceptors (Lipinski definition) is 3. The van der Waals surface area contributed by atoms with Gasteiger partial charge >= 0.3 is 11.9 Å². The molecular formula is C18H17NO3. The van der Waals surface area contributed by atoms with Crippen LogP contribution in [-0.2, 0) is 21.4 Å². The second-order valence-electron chi connectivity index (χ2n) is 5.69. The molecule has 112 valence electrons. The Bertz CT molecular complexity index is 877. The Morgan fingerprint density at radius 2 is 1.82 bits per heavy atom. The molecule has 1 aromatic carbocycles. The molecule has 0 N–H and O–H groups in total. The number of benzene rings is 1. The Morgan fingerprint density at radius 3 is 2.50 bits per heavy atom. The fourth-order valence-electron chi connectivity index (χ4n) is 2.88. The number of carbonyl (C=O) groups excluding carboxylic acids is 2. The first-order chi connectivity index (χ1) is 10.4. The summed E-state index contributed by atoms with van der Waals surface area (Å²) in [6, 6.07) is 7.99. The lowest BCUT2D eigenvalue weighted by Crippen LogP contribution is -1.97. The van der Waals surface area contributed by atoms with E-state index in [9.17, 15) is 9.59 Å². The number of aromatic nitrogens is 1. The second-order valence-corrected chi connectivity index (χ2v) is 5.69. The lowest BCUT2D eigenvalue weighted by atomic mass is 10.00. The molecule has 4 nitrogen and oxygen atoms in total. The number of aryl methyl sites for hydroxylation is 1. The van der Waals surface area contributed by atoms with Crippen LogP contribution >= 0.6 is 0 Å². The van der Waals surface area contributed by atoms with Crippen LogP contribution in [0.2, 0.25) is 0 Å². The van der Waals surface area contributed by atoms with E-state index in [1.165, 1.54) is 0 Å². The molecule has 0 aliphatic carbocycles. The third-order valence-electron chi connectivity index (χ3n) is 4.12. The fourth-order valence-corrected chi connectivity index (χ4v) is 2.88. The van der Waals surface area contributed by atoms with Gasteiger partial charge in [0.05, 0.1) is 11.1 Å². The highest BCUT2D eigenvalue weighted by atomic mass is 16.6. The van der Waals surface area contributed by atoms with Crippen LogP contribution in [0.1, 0.15) is 25.1 Å². The van der Waals surface area contributed by atoms with E-state index in [4.69, 9.17) is 4.74 Å². The predicted molar refractivity (Wildman–Crippen MR) is 85.1 cm³/mol. The molecule has 0 saturated carbocycles. The predicted octanol–water partition coefficient (Wildman–Crippen LogP) is 3.29. The average molecular weight is 295 g/mol. The van der Waals surface area contributed by atoms with Crippen LogP contribution in [0.15, 0.2) is 41.0 Å². The van der Waals surface area contributed by atoms with Gasteiger partial charge < -0.3 is 9.30 Å². The fraction of sp³-hybridized carbons (Fsp3) is 0.222. The Kier molecular flexibility index (Phi) is 3.24. The third-order valence-corrected chi connectivity index (χ3v) is 4.12. The molecule has 3 rings (SSSR count). The minimum atomic E-state index is -0.575. The number of esters is 2. The molecule has 0 spiro atoms. The van der Waals surface area contributed by atoms with Crippen molar-refractivity contribution in [2.24, 2.45) is 7.05 Å². The molecule has 22 heavy (non-hydrogen) atoms. The lowest BCUT2D eigenvalue weighted by Gasteiger charge is -2.00. The van der Waals surface area contributed by atoms with E-state index >= 15 is 0 Å². The lowest BCUT2D eigenvalue weighted by molar-refractivity contribution is -0.149. The molecule has 0 amide bonds. The third kappa shape index (κ3) is 1.99. The molecule has 1 saturated heterocycles. The maximum absolute atomic E-state index is 12.0. The van der Waals surface area contributed by atoms with E-state index in [2.05, 4.69) is 4.57 Å². The molecule has 1 aromatic heterocycles. The van der Waals surface area contributed by atoms with Crippen LogP contribution in [-0.4, -0.2) is 16.5 Å². The quantitative estimate of drug-likeness (QED) is 0.461. The zero-order valence-electron chi connectivity index (χ0n) is 13.1. The smallest absolute Gasteiger partial charge is 0.346 e. The van der Waals surface area contributed by atoms with Gasteiger partial charge in [0.1, 0.15) is 0 Å². The van der Waals surface area contributed by atoms with E-state index < -0.39 is 11.9 Å². The highest BCUT2D eigenvalue weighted by Gasteiger charge is 2.34. The largest absolute Gasteiger partial charge is 0.386 e. The standard InChI is InChI=1S/C18H17NO3/c1-10(2)16-14(17(20)22-18(16)21)9-13-11(3)19(4)15-8-6-5-7-12(13)15/h5-9H,1-4H3. The Balaban J connectivity index is 2.29. The van der Waals surface area contributed by atoms with Gasteiger partial charge in [0.15, 0.2) is 0 Å². The van der Waals surface area contributed by atoms with Crippen LogP contribution < -0.4 is 0 Å². The Labute approximate surface area is 128 Å². The number of carbonyl (C=O) groups is 2. The number of rotatable bonds is 1. The maximum atomic E-state index is 12.0. The summed E-state index contributed by atoms with van der Waals surface area (Å²) in [7, 11) is 1.99. The van der Waals surface area contributed by atoms with Crippen molar-refractivity contribution >= 4 is 28.9 Å². The van der Waals surface area contributed by atoms with Crippen molar-refractivity contribution < 1.29 is 14.3 Å². The van der Waals surface area contributed by atoms with Crippen LogP contribution in [0.4, 0.5) is 0 Å². The molecule has 4 heteroatoms. The summed E-state index contributed by atoms with van der Waals surface area (Å²) < 4.78 is 6.84. The van der Waals surface area contributed by atoms with Gasteiger partial charge in [-0.25, -0.2) is 9.59 Å². The van der Waals surface area contributed by atoms with Crippen molar-refractivity contribution in [3.05, 3.63) is 52.2 Å². The second kappa shape index (κ2) is 4.98. The van der Waals surface area contributed by atoms with Crippen molar-refractivity contribution in [3.8, 4) is 0 Å². The van der Waals surface area contributed by atoms with Crippen LogP contribution in [0, 0.1) is 6.92 Å². The van der Waals surface area contributed by atoms with Crippen molar-refractivity contribution in [2.45, 2.75) is 20.8 Å². The summed E-state index contributed by atoms with van der Waals surface area (Å²) in [4.78, 5) is 23.8. The molecule has 0 radical (unpaired) electrons. The Hall–Kier alpha value is -2.62. The number of allylic oxidation sites excluding steroid dienone is 1. The number of nitrogens with zero attached hydrogens (tertiary/aromatic N) is 1.